The van der Waals surface area contributed by atoms with Gasteiger partial charge in [0.15, 0.2) is 0 Å². The number of fused-ring (bicyclic) bond motifs is 4. The lowest BCUT2D eigenvalue weighted by Gasteiger charge is -2.20. The number of amides is 1. The van der Waals surface area contributed by atoms with Crippen LogP contribution in [0.15, 0.2) is 126 Å². The lowest BCUT2D eigenvalue weighted by atomic mass is 9.85. The van der Waals surface area contributed by atoms with Gasteiger partial charge in [0.2, 0.25) is 5.91 Å². The quantitative estimate of drug-likeness (QED) is 0.231. The molecule has 5 rings (SSSR count). The van der Waals surface area contributed by atoms with E-state index in [4.69, 9.17) is 24.7 Å². The lowest BCUT2D eigenvalue weighted by Crippen LogP contribution is -2.33. The SMILES string of the molecule is C=CC1=C(C)C2=CC3=NC(=CC4=NC(=CC5=NC(=CC1=N2)C(C)=C5C=C)C(C)=C4CCC(=O)N(C)CCN(C)C)C(CCC(=O)OC)C3C. The van der Waals surface area contributed by atoms with Crippen LogP contribution in [0.3, 0.4) is 0 Å². The third kappa shape index (κ3) is 7.32. The van der Waals surface area contributed by atoms with Crippen LogP contribution in [0.5, 0.6) is 0 Å². The molecule has 0 aromatic heterocycles. The van der Waals surface area contributed by atoms with Crippen molar-refractivity contribution < 1.29 is 14.3 Å². The Bertz CT molecular complexity index is 1850. The van der Waals surface area contributed by atoms with Crippen molar-refractivity contribution in [2.45, 2.75) is 53.4 Å². The van der Waals surface area contributed by atoms with Crippen LogP contribution < -0.4 is 0 Å². The van der Waals surface area contributed by atoms with Gasteiger partial charge in [-0.3, -0.25) is 14.6 Å². The van der Waals surface area contributed by atoms with Gasteiger partial charge in [-0.1, -0.05) is 32.2 Å². The molecular formula is C40H48N6O3. The molecule has 8 bridgehead atoms. The lowest BCUT2D eigenvalue weighted by molar-refractivity contribution is -0.141. The summed E-state index contributed by atoms with van der Waals surface area (Å²) in [5, 5.41) is 0. The van der Waals surface area contributed by atoms with E-state index in [0.717, 1.165) is 85.6 Å². The fourth-order valence-corrected chi connectivity index (χ4v) is 6.74. The molecule has 0 N–H and O–H groups in total. The summed E-state index contributed by atoms with van der Waals surface area (Å²) in [4.78, 5) is 49.8. The van der Waals surface area contributed by atoms with E-state index in [-0.39, 0.29) is 30.1 Å². The smallest absolute Gasteiger partial charge is 0.305 e. The molecule has 5 aliphatic heterocycles. The highest BCUT2D eigenvalue weighted by Crippen LogP contribution is 2.40. The summed E-state index contributed by atoms with van der Waals surface area (Å²) in [7, 11) is 7.28. The first-order chi connectivity index (χ1) is 23.4. The van der Waals surface area contributed by atoms with Crippen LogP contribution in [-0.4, -0.2) is 85.9 Å². The Hall–Kier alpha value is -4.76. The Kier molecular flexibility index (Phi) is 10.7. The number of esters is 1. The Balaban J connectivity index is 1.65. The minimum Gasteiger partial charge on any atom is -0.469 e. The molecule has 2 atom stereocenters. The zero-order valence-corrected chi connectivity index (χ0v) is 30.2. The van der Waals surface area contributed by atoms with Gasteiger partial charge in [-0.2, -0.15) is 0 Å². The molecule has 49 heavy (non-hydrogen) atoms. The number of hydrogen-bond acceptors (Lipinski definition) is 8. The number of nitrogens with zero attached hydrogens (tertiary/aromatic N) is 6. The molecule has 0 spiro atoms. The molecule has 0 saturated carbocycles. The zero-order valence-electron chi connectivity index (χ0n) is 30.2. The van der Waals surface area contributed by atoms with Crippen molar-refractivity contribution in [2.24, 2.45) is 31.8 Å². The zero-order chi connectivity index (χ0) is 35.6. The molecule has 0 radical (unpaired) electrons. The van der Waals surface area contributed by atoms with Crippen molar-refractivity contribution in [3.8, 4) is 0 Å². The van der Waals surface area contributed by atoms with E-state index < -0.39 is 0 Å². The fourth-order valence-electron chi connectivity index (χ4n) is 6.74. The number of likely N-dealkylation sites (N-methyl/N-ethyl adjacent to an activating group) is 2. The summed E-state index contributed by atoms with van der Waals surface area (Å²) < 4.78 is 5.00. The minimum absolute atomic E-state index is 0.0241. The number of carbonyl (C=O) groups is 2. The van der Waals surface area contributed by atoms with Crippen LogP contribution in [0.1, 0.15) is 53.4 Å². The van der Waals surface area contributed by atoms with Crippen molar-refractivity contribution >= 4 is 34.7 Å². The number of rotatable bonds is 11. The van der Waals surface area contributed by atoms with Crippen molar-refractivity contribution in [1.29, 1.82) is 0 Å². The summed E-state index contributed by atoms with van der Waals surface area (Å²) in [6.45, 7) is 17.9. The molecule has 0 saturated heterocycles. The Labute approximate surface area is 290 Å². The molecule has 9 nitrogen and oxygen atoms in total. The highest BCUT2D eigenvalue weighted by atomic mass is 16.5. The van der Waals surface area contributed by atoms with Gasteiger partial charge in [0.05, 0.1) is 41.3 Å². The monoisotopic (exact) mass is 660 g/mol. The van der Waals surface area contributed by atoms with E-state index in [1.807, 2.05) is 58.4 Å². The fraction of sp³-hybridized carbons (Fsp3) is 0.400. The minimum atomic E-state index is -0.252. The molecule has 5 aliphatic rings. The van der Waals surface area contributed by atoms with Crippen molar-refractivity contribution in [3.63, 3.8) is 0 Å². The van der Waals surface area contributed by atoms with Gasteiger partial charge >= 0.3 is 5.97 Å². The van der Waals surface area contributed by atoms with E-state index >= 15 is 0 Å². The maximum Gasteiger partial charge on any atom is 0.305 e. The highest BCUT2D eigenvalue weighted by Gasteiger charge is 2.34. The number of allylic oxidation sites excluding steroid dienone is 13. The number of methoxy groups -OCH3 is 1. The third-order valence-electron chi connectivity index (χ3n) is 10.0. The Morgan fingerprint density at radius 3 is 1.94 bits per heavy atom. The molecule has 0 aromatic rings. The van der Waals surface area contributed by atoms with Gasteiger partial charge in [-0.15, -0.1) is 0 Å². The number of carbonyl (C=O) groups excluding carboxylic acids is 2. The largest absolute Gasteiger partial charge is 0.469 e. The molecule has 9 heteroatoms. The number of ether oxygens (including phenoxy) is 1. The number of aliphatic imine (C=N–C) groups is 4. The normalized spacial score (nSPS) is 21.6. The predicted molar refractivity (Wildman–Crippen MR) is 200 cm³/mol. The van der Waals surface area contributed by atoms with Crippen LogP contribution in [-0.2, 0) is 14.3 Å². The van der Waals surface area contributed by atoms with Crippen LogP contribution in [0.25, 0.3) is 0 Å². The van der Waals surface area contributed by atoms with E-state index in [2.05, 4.69) is 44.9 Å². The molecule has 0 aromatic carbocycles. The summed E-state index contributed by atoms with van der Waals surface area (Å²) in [6, 6.07) is 0. The number of hydrogen-bond donors (Lipinski definition) is 0. The first kappa shape index (κ1) is 35.5. The summed E-state index contributed by atoms with van der Waals surface area (Å²) >= 11 is 0. The van der Waals surface area contributed by atoms with Crippen LogP contribution in [0.2, 0.25) is 0 Å². The van der Waals surface area contributed by atoms with E-state index in [1.54, 1.807) is 4.90 Å². The van der Waals surface area contributed by atoms with Crippen LogP contribution in [0.4, 0.5) is 0 Å². The molecular weight excluding hydrogens is 612 g/mol. The molecule has 2 unspecified atom stereocenters. The second kappa shape index (κ2) is 14.8. The van der Waals surface area contributed by atoms with Gasteiger partial charge in [0.25, 0.3) is 0 Å². The summed E-state index contributed by atoms with van der Waals surface area (Å²) in [5.41, 5.74) is 12.5. The molecule has 0 aliphatic carbocycles. The average Bonchev–Trinajstić information content (AvgIpc) is 3.73. The van der Waals surface area contributed by atoms with Crippen molar-refractivity contribution in [3.05, 3.63) is 106 Å². The van der Waals surface area contributed by atoms with Gasteiger partial charge in [0.1, 0.15) is 0 Å². The highest BCUT2D eigenvalue weighted by molar-refractivity contribution is 6.20. The summed E-state index contributed by atoms with van der Waals surface area (Å²) in [6.07, 6.45) is 13.6. The van der Waals surface area contributed by atoms with Crippen LogP contribution >= 0.6 is 0 Å². The maximum atomic E-state index is 13.2. The Morgan fingerprint density at radius 2 is 1.37 bits per heavy atom. The second-order valence-corrected chi connectivity index (χ2v) is 13.4. The van der Waals surface area contributed by atoms with E-state index in [9.17, 15) is 9.59 Å². The van der Waals surface area contributed by atoms with E-state index in [1.165, 1.54) is 7.11 Å². The maximum absolute atomic E-state index is 13.2. The summed E-state index contributed by atoms with van der Waals surface area (Å²) in [5.74, 6) is -0.177. The molecule has 0 fully saturated rings. The average molecular weight is 661 g/mol. The topological polar surface area (TPSA) is 99.3 Å². The second-order valence-electron chi connectivity index (χ2n) is 13.4. The van der Waals surface area contributed by atoms with Gasteiger partial charge in [-0.25, -0.2) is 15.0 Å². The van der Waals surface area contributed by atoms with Crippen molar-refractivity contribution in [2.75, 3.05) is 41.3 Å². The first-order valence-corrected chi connectivity index (χ1v) is 16.9. The van der Waals surface area contributed by atoms with Gasteiger partial charge < -0.3 is 14.5 Å². The first-order valence-electron chi connectivity index (χ1n) is 16.9. The standard InChI is InChI=1S/C40H48N6O3/c1-11-27-23(3)31-19-32-26(6)30(14-16-40(48)49-10)38(43-32)22-37-29(13-15-39(47)46(9)18-17-45(7)8)25(5)34(44-37)21-36-28(12-2)24(4)33(42-36)20-35(27)41-31/h11-12,19-22,26,30H,1-2,13-18H2,3-10H3. The van der Waals surface area contributed by atoms with E-state index in [0.29, 0.717) is 25.8 Å². The van der Waals surface area contributed by atoms with Gasteiger partial charge in [-0.05, 0) is 94.3 Å². The third-order valence-corrected chi connectivity index (χ3v) is 10.0. The molecule has 1 amide bonds. The van der Waals surface area contributed by atoms with Gasteiger partial charge in [0, 0.05) is 67.4 Å². The molecule has 5 heterocycles. The molecule has 256 valence electrons. The predicted octanol–water partition coefficient (Wildman–Crippen LogP) is 6.68. The Morgan fingerprint density at radius 1 is 0.796 bits per heavy atom. The van der Waals surface area contributed by atoms with Crippen LogP contribution in [0, 0.1) is 11.8 Å². The van der Waals surface area contributed by atoms with Crippen molar-refractivity contribution in [1.82, 2.24) is 9.80 Å².